The summed E-state index contributed by atoms with van der Waals surface area (Å²) in [7, 11) is 1.95. The van der Waals surface area contributed by atoms with Gasteiger partial charge in [0.05, 0.1) is 0 Å². The van der Waals surface area contributed by atoms with E-state index >= 15 is 0 Å². The highest BCUT2D eigenvalue weighted by molar-refractivity contribution is 7.12. The standard InChI is InChI=1S/C14H17N3OS/c1-11-3-4-12(19-11)5-6-14(18)16-8-7-13-15-9-10-17(13)2/h3-6,9-10H,7-8H2,1-2H3,(H,16,18)/b6-5+. The summed E-state index contributed by atoms with van der Waals surface area (Å²) in [6.45, 7) is 2.65. The fourth-order valence-corrected chi connectivity index (χ4v) is 2.47. The number of carbonyl (C=O) groups excluding carboxylic acids is 1. The van der Waals surface area contributed by atoms with E-state index in [1.54, 1.807) is 23.6 Å². The summed E-state index contributed by atoms with van der Waals surface area (Å²) in [6.07, 6.45) is 7.81. The van der Waals surface area contributed by atoms with Crippen molar-refractivity contribution in [3.63, 3.8) is 0 Å². The lowest BCUT2D eigenvalue weighted by Gasteiger charge is -2.02. The van der Waals surface area contributed by atoms with Gasteiger partial charge in [0.1, 0.15) is 5.82 Å². The summed E-state index contributed by atoms with van der Waals surface area (Å²) in [5, 5.41) is 2.85. The van der Waals surface area contributed by atoms with Crippen LogP contribution in [-0.2, 0) is 18.3 Å². The van der Waals surface area contributed by atoms with Crippen LogP contribution >= 0.6 is 11.3 Å². The molecule has 1 amide bonds. The second kappa shape index (κ2) is 6.33. The van der Waals surface area contributed by atoms with Gasteiger partial charge in [-0.15, -0.1) is 11.3 Å². The van der Waals surface area contributed by atoms with E-state index in [9.17, 15) is 4.79 Å². The van der Waals surface area contributed by atoms with Gasteiger partial charge in [-0.2, -0.15) is 0 Å². The molecule has 19 heavy (non-hydrogen) atoms. The number of aryl methyl sites for hydroxylation is 2. The van der Waals surface area contributed by atoms with Gasteiger partial charge in [-0.1, -0.05) is 0 Å². The molecule has 0 aliphatic heterocycles. The Morgan fingerprint density at radius 3 is 3.00 bits per heavy atom. The van der Waals surface area contributed by atoms with E-state index in [2.05, 4.69) is 17.2 Å². The van der Waals surface area contributed by atoms with Gasteiger partial charge in [0.25, 0.3) is 0 Å². The van der Waals surface area contributed by atoms with Gasteiger partial charge < -0.3 is 9.88 Å². The van der Waals surface area contributed by atoms with Gasteiger partial charge in [-0.25, -0.2) is 4.98 Å². The molecule has 0 aliphatic rings. The first-order valence-corrected chi connectivity index (χ1v) is 6.95. The summed E-state index contributed by atoms with van der Waals surface area (Å²) in [6, 6.07) is 4.06. The molecule has 2 aromatic rings. The van der Waals surface area contributed by atoms with E-state index in [4.69, 9.17) is 0 Å². The Hall–Kier alpha value is -1.88. The molecular formula is C14H17N3OS. The summed E-state index contributed by atoms with van der Waals surface area (Å²) >= 11 is 1.67. The number of carbonyl (C=O) groups is 1. The predicted octanol–water partition coefficient (Wildman–Crippen LogP) is 2.16. The molecule has 0 atom stereocenters. The number of imidazole rings is 1. The van der Waals surface area contributed by atoms with Crippen molar-refractivity contribution in [2.75, 3.05) is 6.54 Å². The second-order valence-electron chi connectivity index (χ2n) is 4.28. The van der Waals surface area contributed by atoms with E-state index in [0.29, 0.717) is 6.54 Å². The maximum atomic E-state index is 11.6. The van der Waals surface area contributed by atoms with Crippen LogP contribution in [0.4, 0.5) is 0 Å². The van der Waals surface area contributed by atoms with Gasteiger partial charge >= 0.3 is 0 Å². The van der Waals surface area contributed by atoms with Crippen LogP contribution in [0.1, 0.15) is 15.6 Å². The Labute approximate surface area is 116 Å². The summed E-state index contributed by atoms with van der Waals surface area (Å²) < 4.78 is 1.95. The Balaban J connectivity index is 1.76. The average Bonchev–Trinajstić information content (AvgIpc) is 2.96. The largest absolute Gasteiger partial charge is 0.352 e. The van der Waals surface area contributed by atoms with Crippen LogP contribution in [0.5, 0.6) is 0 Å². The summed E-state index contributed by atoms with van der Waals surface area (Å²) in [4.78, 5) is 18.2. The van der Waals surface area contributed by atoms with Gasteiger partial charge in [0.15, 0.2) is 0 Å². The zero-order valence-electron chi connectivity index (χ0n) is 11.1. The monoisotopic (exact) mass is 275 g/mol. The lowest BCUT2D eigenvalue weighted by atomic mass is 10.3. The van der Waals surface area contributed by atoms with Crippen molar-refractivity contribution in [1.29, 1.82) is 0 Å². The molecule has 1 N–H and O–H groups in total. The minimum atomic E-state index is -0.0692. The molecule has 0 saturated heterocycles. The lowest BCUT2D eigenvalue weighted by molar-refractivity contribution is -0.116. The van der Waals surface area contributed by atoms with Crippen LogP contribution in [0.25, 0.3) is 6.08 Å². The molecule has 0 aromatic carbocycles. The number of hydrogen-bond donors (Lipinski definition) is 1. The highest BCUT2D eigenvalue weighted by Gasteiger charge is 2.00. The average molecular weight is 275 g/mol. The Morgan fingerprint density at radius 1 is 1.53 bits per heavy atom. The fourth-order valence-electron chi connectivity index (χ4n) is 1.69. The third-order valence-corrected chi connectivity index (χ3v) is 3.69. The molecule has 2 aromatic heterocycles. The molecule has 2 heterocycles. The van der Waals surface area contributed by atoms with Crippen molar-refractivity contribution in [1.82, 2.24) is 14.9 Å². The van der Waals surface area contributed by atoms with E-state index < -0.39 is 0 Å². The van der Waals surface area contributed by atoms with Crippen molar-refractivity contribution in [2.24, 2.45) is 7.05 Å². The fraction of sp³-hybridized carbons (Fsp3) is 0.286. The van der Waals surface area contributed by atoms with Crippen molar-refractivity contribution >= 4 is 23.3 Å². The molecule has 0 fully saturated rings. The summed E-state index contributed by atoms with van der Waals surface area (Å²) in [5.74, 6) is 0.901. The van der Waals surface area contributed by atoms with Crippen LogP contribution in [0.2, 0.25) is 0 Å². The quantitative estimate of drug-likeness (QED) is 0.850. The van der Waals surface area contributed by atoms with Crippen molar-refractivity contribution in [3.05, 3.63) is 46.2 Å². The first-order chi connectivity index (χ1) is 9.15. The molecule has 100 valence electrons. The van der Waals surface area contributed by atoms with Gasteiger partial charge in [-0.05, 0) is 25.1 Å². The molecule has 5 heteroatoms. The number of hydrogen-bond acceptors (Lipinski definition) is 3. The second-order valence-corrected chi connectivity index (χ2v) is 5.60. The number of amides is 1. The van der Waals surface area contributed by atoms with Crippen molar-refractivity contribution in [2.45, 2.75) is 13.3 Å². The highest BCUT2D eigenvalue weighted by Crippen LogP contribution is 2.16. The molecule has 0 spiro atoms. The van der Waals surface area contributed by atoms with Gasteiger partial charge in [0, 0.05) is 48.2 Å². The van der Waals surface area contributed by atoms with Gasteiger partial charge in [0.2, 0.25) is 5.91 Å². The number of rotatable bonds is 5. The van der Waals surface area contributed by atoms with Gasteiger partial charge in [-0.3, -0.25) is 4.79 Å². The van der Waals surface area contributed by atoms with E-state index in [1.165, 1.54) is 4.88 Å². The normalized spacial score (nSPS) is 11.1. The van der Waals surface area contributed by atoms with Crippen molar-refractivity contribution in [3.8, 4) is 0 Å². The SMILES string of the molecule is Cc1ccc(/C=C/C(=O)NCCc2nccn2C)s1. The van der Waals surface area contributed by atoms with E-state index in [0.717, 1.165) is 17.1 Å². The zero-order chi connectivity index (χ0) is 13.7. The van der Waals surface area contributed by atoms with E-state index in [-0.39, 0.29) is 5.91 Å². The molecule has 0 unspecified atom stereocenters. The van der Waals surface area contributed by atoms with Crippen LogP contribution in [0, 0.1) is 6.92 Å². The van der Waals surface area contributed by atoms with E-state index in [1.807, 2.05) is 36.0 Å². The molecule has 4 nitrogen and oxygen atoms in total. The molecular weight excluding hydrogens is 258 g/mol. The predicted molar refractivity (Wildman–Crippen MR) is 78.0 cm³/mol. The maximum Gasteiger partial charge on any atom is 0.244 e. The highest BCUT2D eigenvalue weighted by atomic mass is 32.1. The lowest BCUT2D eigenvalue weighted by Crippen LogP contribution is -2.24. The third-order valence-electron chi connectivity index (χ3n) is 2.73. The molecule has 0 bridgehead atoms. The Bertz CT molecular complexity index is 583. The molecule has 0 aliphatic carbocycles. The van der Waals surface area contributed by atoms with Crippen LogP contribution in [-0.4, -0.2) is 22.0 Å². The smallest absolute Gasteiger partial charge is 0.244 e. The molecule has 2 rings (SSSR count). The number of thiophene rings is 1. The Kier molecular flexibility index (Phi) is 4.52. The first kappa shape index (κ1) is 13.5. The number of nitrogens with one attached hydrogen (secondary N) is 1. The minimum absolute atomic E-state index is 0.0692. The first-order valence-electron chi connectivity index (χ1n) is 6.14. The number of nitrogens with zero attached hydrogens (tertiary/aromatic N) is 2. The zero-order valence-corrected chi connectivity index (χ0v) is 11.9. The maximum absolute atomic E-state index is 11.6. The Morgan fingerprint density at radius 2 is 2.37 bits per heavy atom. The van der Waals surface area contributed by atoms with Crippen LogP contribution in [0.3, 0.4) is 0 Å². The minimum Gasteiger partial charge on any atom is -0.352 e. The number of aromatic nitrogens is 2. The third kappa shape index (κ3) is 4.06. The molecule has 0 radical (unpaired) electrons. The van der Waals surface area contributed by atoms with Crippen LogP contribution in [0.15, 0.2) is 30.6 Å². The van der Waals surface area contributed by atoms with Crippen molar-refractivity contribution < 1.29 is 4.79 Å². The molecule has 0 saturated carbocycles. The summed E-state index contributed by atoms with van der Waals surface area (Å²) in [5.41, 5.74) is 0. The van der Waals surface area contributed by atoms with Crippen LogP contribution < -0.4 is 5.32 Å². The topological polar surface area (TPSA) is 46.9 Å².